The fourth-order valence-corrected chi connectivity index (χ4v) is 3.48. The van der Waals surface area contributed by atoms with E-state index in [0.29, 0.717) is 5.92 Å². The molecular weight excluding hydrogens is 230 g/mol. The molecule has 1 aliphatic carbocycles. The van der Waals surface area contributed by atoms with Gasteiger partial charge in [-0.05, 0) is 19.9 Å². The molecule has 1 fully saturated rings. The van der Waals surface area contributed by atoms with Gasteiger partial charge in [0.15, 0.2) is 0 Å². The minimum atomic E-state index is 0.691. The van der Waals surface area contributed by atoms with Crippen LogP contribution in [0.3, 0.4) is 0 Å². The normalized spacial score (nSPS) is 18.9. The van der Waals surface area contributed by atoms with Crippen molar-refractivity contribution >= 4 is 11.3 Å². The predicted octanol–water partition coefficient (Wildman–Crippen LogP) is 3.13. The Morgan fingerprint density at radius 2 is 1.82 bits per heavy atom. The number of likely N-dealkylation sites (N-methyl/N-ethyl adjacent to an activating group) is 1. The van der Waals surface area contributed by atoms with Gasteiger partial charge in [-0.15, -0.1) is 21.5 Å². The maximum absolute atomic E-state index is 4.41. The highest BCUT2D eigenvalue weighted by Crippen LogP contribution is 2.32. The molecule has 2 rings (SSSR count). The van der Waals surface area contributed by atoms with E-state index in [-0.39, 0.29) is 0 Å². The first-order valence-corrected chi connectivity index (χ1v) is 7.68. The zero-order valence-electron chi connectivity index (χ0n) is 10.7. The van der Waals surface area contributed by atoms with Crippen molar-refractivity contribution in [1.82, 2.24) is 15.5 Å². The molecule has 0 atom stereocenters. The average Bonchev–Trinajstić information content (AvgIpc) is 2.74. The minimum Gasteiger partial charge on any atom is -0.319 e. The first kappa shape index (κ1) is 13.0. The highest BCUT2D eigenvalue weighted by atomic mass is 32.1. The molecule has 1 aromatic heterocycles. The molecule has 0 aromatic carbocycles. The van der Waals surface area contributed by atoms with Crippen molar-refractivity contribution in [2.45, 2.75) is 57.3 Å². The summed E-state index contributed by atoms with van der Waals surface area (Å²) in [6.07, 6.45) is 10.6. The molecule has 1 heterocycles. The van der Waals surface area contributed by atoms with E-state index in [4.69, 9.17) is 0 Å². The summed E-state index contributed by atoms with van der Waals surface area (Å²) >= 11 is 1.83. The first-order chi connectivity index (χ1) is 8.40. The van der Waals surface area contributed by atoms with E-state index in [1.54, 1.807) is 0 Å². The molecule has 0 spiro atoms. The Morgan fingerprint density at radius 1 is 1.12 bits per heavy atom. The van der Waals surface area contributed by atoms with Crippen LogP contribution in [-0.2, 0) is 6.42 Å². The lowest BCUT2D eigenvalue weighted by molar-refractivity contribution is 0.453. The fraction of sp³-hybridized carbons (Fsp3) is 0.846. The Morgan fingerprint density at radius 3 is 2.53 bits per heavy atom. The number of hydrogen-bond acceptors (Lipinski definition) is 4. The lowest BCUT2D eigenvalue weighted by Gasteiger charge is -2.16. The predicted molar refractivity (Wildman–Crippen MR) is 72.6 cm³/mol. The molecule has 0 bridgehead atoms. The van der Waals surface area contributed by atoms with E-state index in [0.717, 1.165) is 13.0 Å². The summed E-state index contributed by atoms with van der Waals surface area (Å²) in [4.78, 5) is 0. The van der Waals surface area contributed by atoms with Crippen molar-refractivity contribution in [2.75, 3.05) is 13.6 Å². The lowest BCUT2D eigenvalue weighted by Crippen LogP contribution is -2.09. The zero-order valence-corrected chi connectivity index (χ0v) is 11.6. The first-order valence-electron chi connectivity index (χ1n) is 6.87. The third kappa shape index (κ3) is 4.03. The monoisotopic (exact) mass is 253 g/mol. The maximum Gasteiger partial charge on any atom is 0.120 e. The zero-order chi connectivity index (χ0) is 11.9. The molecular formula is C13H23N3S. The van der Waals surface area contributed by atoms with Crippen molar-refractivity contribution < 1.29 is 0 Å². The van der Waals surface area contributed by atoms with E-state index in [2.05, 4.69) is 15.5 Å². The van der Waals surface area contributed by atoms with E-state index in [9.17, 15) is 0 Å². The Labute approximate surface area is 108 Å². The van der Waals surface area contributed by atoms with Crippen molar-refractivity contribution in [1.29, 1.82) is 0 Å². The number of nitrogens with zero attached hydrogens (tertiary/aromatic N) is 2. The van der Waals surface area contributed by atoms with Gasteiger partial charge in [0, 0.05) is 18.9 Å². The minimum absolute atomic E-state index is 0.691. The quantitative estimate of drug-likeness (QED) is 0.896. The number of rotatable bonds is 4. The average molecular weight is 253 g/mol. The van der Waals surface area contributed by atoms with Crippen LogP contribution in [0.25, 0.3) is 0 Å². The molecule has 0 amide bonds. The third-order valence-electron chi connectivity index (χ3n) is 3.53. The van der Waals surface area contributed by atoms with Gasteiger partial charge < -0.3 is 5.32 Å². The van der Waals surface area contributed by atoms with Crippen LogP contribution in [-0.4, -0.2) is 23.8 Å². The van der Waals surface area contributed by atoms with Crippen molar-refractivity contribution in [3.8, 4) is 0 Å². The standard InChI is InChI=1S/C13H23N3S/c1-14-10-9-12-15-16-13(17-12)11-7-5-3-2-4-6-8-11/h11,14H,2-10H2,1H3. The Kier molecular flexibility index (Phi) is 5.39. The lowest BCUT2D eigenvalue weighted by atomic mass is 9.92. The molecule has 0 aliphatic heterocycles. The van der Waals surface area contributed by atoms with E-state index < -0.39 is 0 Å². The van der Waals surface area contributed by atoms with E-state index in [1.807, 2.05) is 18.4 Å². The molecule has 0 unspecified atom stereocenters. The number of aromatic nitrogens is 2. The van der Waals surface area contributed by atoms with Crippen LogP contribution in [0.4, 0.5) is 0 Å². The highest BCUT2D eigenvalue weighted by molar-refractivity contribution is 7.11. The number of nitrogens with one attached hydrogen (secondary N) is 1. The fourth-order valence-electron chi connectivity index (χ4n) is 2.47. The van der Waals surface area contributed by atoms with Crippen LogP contribution in [0.5, 0.6) is 0 Å². The second-order valence-corrected chi connectivity index (χ2v) is 6.02. The van der Waals surface area contributed by atoms with Gasteiger partial charge in [0.25, 0.3) is 0 Å². The van der Waals surface area contributed by atoms with Crippen LogP contribution in [0.1, 0.15) is 60.9 Å². The third-order valence-corrected chi connectivity index (χ3v) is 4.67. The topological polar surface area (TPSA) is 37.8 Å². The summed E-state index contributed by atoms with van der Waals surface area (Å²) in [5, 5.41) is 14.4. The van der Waals surface area contributed by atoms with Gasteiger partial charge in [0.1, 0.15) is 10.0 Å². The summed E-state index contributed by atoms with van der Waals surface area (Å²) in [5.74, 6) is 0.691. The molecule has 4 heteroatoms. The summed E-state index contributed by atoms with van der Waals surface area (Å²) in [6.45, 7) is 0.999. The van der Waals surface area contributed by atoms with Gasteiger partial charge in [0.2, 0.25) is 0 Å². The molecule has 17 heavy (non-hydrogen) atoms. The van der Waals surface area contributed by atoms with Crippen LogP contribution in [0.15, 0.2) is 0 Å². The van der Waals surface area contributed by atoms with Crippen LogP contribution in [0.2, 0.25) is 0 Å². The van der Waals surface area contributed by atoms with Crippen LogP contribution in [0, 0.1) is 0 Å². The second kappa shape index (κ2) is 7.07. The summed E-state index contributed by atoms with van der Waals surface area (Å²) in [5.41, 5.74) is 0. The SMILES string of the molecule is CNCCc1nnc(C2CCCCCCC2)s1. The van der Waals surface area contributed by atoms with Gasteiger partial charge in [-0.2, -0.15) is 0 Å². The van der Waals surface area contributed by atoms with Crippen LogP contribution < -0.4 is 5.32 Å². The molecule has 96 valence electrons. The Bertz CT molecular complexity index is 316. The summed E-state index contributed by atoms with van der Waals surface area (Å²) in [6, 6.07) is 0. The van der Waals surface area contributed by atoms with Crippen molar-refractivity contribution in [2.24, 2.45) is 0 Å². The van der Waals surface area contributed by atoms with E-state index in [1.165, 1.54) is 55.0 Å². The van der Waals surface area contributed by atoms with E-state index >= 15 is 0 Å². The molecule has 0 saturated heterocycles. The van der Waals surface area contributed by atoms with Gasteiger partial charge in [-0.1, -0.05) is 32.1 Å². The van der Waals surface area contributed by atoms with Gasteiger partial charge in [-0.25, -0.2) is 0 Å². The molecule has 1 aromatic rings. The van der Waals surface area contributed by atoms with Gasteiger partial charge in [0.05, 0.1) is 0 Å². The maximum atomic E-state index is 4.41. The largest absolute Gasteiger partial charge is 0.319 e. The smallest absolute Gasteiger partial charge is 0.120 e. The Balaban J connectivity index is 1.92. The van der Waals surface area contributed by atoms with Crippen LogP contribution >= 0.6 is 11.3 Å². The van der Waals surface area contributed by atoms with Gasteiger partial charge in [-0.3, -0.25) is 0 Å². The second-order valence-electron chi connectivity index (χ2n) is 4.93. The molecule has 1 aliphatic rings. The van der Waals surface area contributed by atoms with Crippen molar-refractivity contribution in [3.05, 3.63) is 10.0 Å². The van der Waals surface area contributed by atoms with Crippen molar-refractivity contribution in [3.63, 3.8) is 0 Å². The number of hydrogen-bond donors (Lipinski definition) is 1. The molecule has 1 saturated carbocycles. The molecule has 1 N–H and O–H groups in total. The molecule has 3 nitrogen and oxygen atoms in total. The Hall–Kier alpha value is -0.480. The van der Waals surface area contributed by atoms with Gasteiger partial charge >= 0.3 is 0 Å². The summed E-state index contributed by atoms with van der Waals surface area (Å²) in [7, 11) is 1.98. The molecule has 0 radical (unpaired) electrons. The summed E-state index contributed by atoms with van der Waals surface area (Å²) < 4.78 is 0. The highest BCUT2D eigenvalue weighted by Gasteiger charge is 2.17.